The van der Waals surface area contributed by atoms with Gasteiger partial charge in [-0.15, -0.1) is 0 Å². The van der Waals surface area contributed by atoms with Gasteiger partial charge in [0.05, 0.1) is 36.4 Å². The van der Waals surface area contributed by atoms with E-state index in [9.17, 15) is 13.2 Å². The monoisotopic (exact) mass is 518 g/mol. The Morgan fingerprint density at radius 1 is 1.23 bits per heavy atom. The number of carbonyl (C=O) groups is 1. The number of rotatable bonds is 7. The summed E-state index contributed by atoms with van der Waals surface area (Å²) >= 11 is 4.96. The van der Waals surface area contributed by atoms with E-state index in [1.54, 1.807) is 0 Å². The number of sulfone groups is 1. The van der Waals surface area contributed by atoms with Crippen LogP contribution in [0.15, 0.2) is 21.6 Å². The van der Waals surface area contributed by atoms with Crippen LogP contribution in [-0.2, 0) is 14.6 Å². The van der Waals surface area contributed by atoms with Gasteiger partial charge in [0.1, 0.15) is 0 Å². The molecule has 0 spiro atoms. The first kappa shape index (κ1) is 23.4. The smallest absolute Gasteiger partial charge is 0.248 e. The number of halogens is 1. The molecule has 0 saturated carbocycles. The normalized spacial score (nSPS) is 23.8. The van der Waals surface area contributed by atoms with Crippen LogP contribution in [0.5, 0.6) is 11.5 Å². The van der Waals surface area contributed by atoms with Gasteiger partial charge in [0.15, 0.2) is 26.5 Å². The molecule has 1 aromatic carbocycles. The van der Waals surface area contributed by atoms with E-state index in [-0.39, 0.29) is 34.6 Å². The molecule has 0 radical (unpaired) electrons. The molecule has 0 N–H and O–H groups in total. The highest BCUT2D eigenvalue weighted by Gasteiger charge is 2.50. The fourth-order valence-corrected chi connectivity index (χ4v) is 8.03. The maximum absolute atomic E-state index is 12.4. The van der Waals surface area contributed by atoms with Crippen LogP contribution in [0.2, 0.25) is 0 Å². The number of anilines is 1. The first-order valence-electron chi connectivity index (χ1n) is 10.0. The molecule has 0 unspecified atom stereocenters. The summed E-state index contributed by atoms with van der Waals surface area (Å²) in [5, 5.41) is 0.382. The Kier molecular flexibility index (Phi) is 7.40. The van der Waals surface area contributed by atoms with E-state index in [1.807, 2.05) is 44.7 Å². The van der Waals surface area contributed by atoms with Gasteiger partial charge in [0.2, 0.25) is 5.91 Å². The lowest BCUT2D eigenvalue weighted by Gasteiger charge is -2.27. The number of hydrogen-bond donors (Lipinski definition) is 0. The molecular weight excluding hydrogens is 492 g/mol. The van der Waals surface area contributed by atoms with Crippen LogP contribution in [-0.4, -0.2) is 55.5 Å². The third-order valence-electron chi connectivity index (χ3n) is 4.74. The third kappa shape index (κ3) is 5.13. The van der Waals surface area contributed by atoms with E-state index in [4.69, 9.17) is 9.47 Å². The number of fused-ring (bicyclic) bond motifs is 1. The largest absolute Gasteiger partial charge is 0.490 e. The van der Waals surface area contributed by atoms with Crippen LogP contribution < -0.4 is 14.4 Å². The number of hydrogen-bond acceptors (Lipinski definition) is 6. The van der Waals surface area contributed by atoms with E-state index >= 15 is 0 Å². The molecule has 7 nitrogen and oxygen atoms in total. The SMILES string of the molecule is CCOc1cc(Br)c(N2C(=NC(=O)CC(C)C)S[C@H]3CS(=O)(=O)C[C@@H]32)cc1OCC. The van der Waals surface area contributed by atoms with Gasteiger partial charge >= 0.3 is 0 Å². The van der Waals surface area contributed by atoms with E-state index in [1.165, 1.54) is 11.8 Å². The van der Waals surface area contributed by atoms with Gasteiger partial charge in [-0.3, -0.25) is 4.79 Å². The zero-order chi connectivity index (χ0) is 22.1. The van der Waals surface area contributed by atoms with Crippen molar-refractivity contribution in [2.24, 2.45) is 10.9 Å². The molecular formula is C20H27BrN2O5S2. The second kappa shape index (κ2) is 9.48. The molecule has 166 valence electrons. The van der Waals surface area contributed by atoms with Crippen molar-refractivity contribution >= 4 is 54.3 Å². The number of carbonyl (C=O) groups excluding carboxylic acids is 1. The summed E-state index contributed by atoms with van der Waals surface area (Å²) in [7, 11) is -3.14. The molecule has 1 aromatic rings. The standard InChI is InChI=1S/C20H27BrN2O5S2/c1-5-27-16-8-13(21)14(9-17(16)28-6-2)23-15-10-30(25,26)11-18(15)29-20(23)22-19(24)7-12(3)4/h8-9,12,15,18H,5-7,10-11H2,1-4H3/t15-,18-/m0/s1. The number of benzene rings is 1. The Hall–Kier alpha value is -1.26. The molecule has 2 heterocycles. The van der Waals surface area contributed by atoms with Crippen LogP contribution >= 0.6 is 27.7 Å². The van der Waals surface area contributed by atoms with Crippen molar-refractivity contribution in [3.05, 3.63) is 16.6 Å². The minimum atomic E-state index is -3.14. The second-order valence-corrected chi connectivity index (χ2v) is 11.9. The molecule has 0 aliphatic carbocycles. The summed E-state index contributed by atoms with van der Waals surface area (Å²) in [4.78, 5) is 18.7. The molecule has 2 fully saturated rings. The summed E-state index contributed by atoms with van der Waals surface area (Å²) in [6.45, 7) is 8.68. The summed E-state index contributed by atoms with van der Waals surface area (Å²) in [6, 6.07) is 3.36. The minimum absolute atomic E-state index is 0.0334. The van der Waals surface area contributed by atoms with Crippen LogP contribution in [0.1, 0.15) is 34.1 Å². The Labute approximate surface area is 190 Å². The quantitative estimate of drug-likeness (QED) is 0.540. The van der Waals surface area contributed by atoms with Crippen LogP contribution in [0.25, 0.3) is 0 Å². The van der Waals surface area contributed by atoms with E-state index < -0.39 is 9.84 Å². The van der Waals surface area contributed by atoms with Gasteiger partial charge in [0, 0.05) is 28.3 Å². The van der Waals surface area contributed by atoms with Gasteiger partial charge < -0.3 is 14.4 Å². The van der Waals surface area contributed by atoms with Gasteiger partial charge in [-0.2, -0.15) is 4.99 Å². The van der Waals surface area contributed by atoms with Gasteiger partial charge in [-0.1, -0.05) is 25.6 Å². The molecule has 2 aliphatic heterocycles. The van der Waals surface area contributed by atoms with Gasteiger partial charge in [-0.05, 0) is 35.7 Å². The molecule has 10 heteroatoms. The lowest BCUT2D eigenvalue weighted by Crippen LogP contribution is -2.38. The molecule has 2 aliphatic rings. The lowest BCUT2D eigenvalue weighted by atomic mass is 10.1. The van der Waals surface area contributed by atoms with Crippen molar-refractivity contribution in [3.8, 4) is 11.5 Å². The fraction of sp³-hybridized carbons (Fsp3) is 0.600. The topological polar surface area (TPSA) is 85.3 Å². The molecule has 2 saturated heterocycles. The van der Waals surface area contributed by atoms with Crippen molar-refractivity contribution in [1.82, 2.24) is 0 Å². The Bertz CT molecular complexity index is 949. The summed E-state index contributed by atoms with van der Waals surface area (Å²) in [6.07, 6.45) is 0.347. The lowest BCUT2D eigenvalue weighted by molar-refractivity contribution is -0.118. The first-order valence-corrected chi connectivity index (χ1v) is 13.5. The number of aliphatic imine (C=N–C) groups is 1. The number of ether oxygens (including phenoxy) is 2. The Balaban J connectivity index is 2.07. The van der Waals surface area contributed by atoms with Crippen LogP contribution in [0.3, 0.4) is 0 Å². The average Bonchev–Trinajstić information content (AvgIpc) is 3.08. The third-order valence-corrected chi connectivity index (χ3v) is 8.59. The summed E-state index contributed by atoms with van der Waals surface area (Å²) < 4.78 is 36.7. The number of thioether (sulfide) groups is 1. The highest BCUT2D eigenvalue weighted by atomic mass is 79.9. The van der Waals surface area contributed by atoms with Crippen molar-refractivity contribution in [2.75, 3.05) is 29.6 Å². The van der Waals surface area contributed by atoms with E-state index in [2.05, 4.69) is 20.9 Å². The highest BCUT2D eigenvalue weighted by Crippen LogP contribution is 2.46. The predicted molar refractivity (Wildman–Crippen MR) is 125 cm³/mol. The van der Waals surface area contributed by atoms with Crippen molar-refractivity contribution in [2.45, 2.75) is 45.4 Å². The maximum atomic E-state index is 12.4. The van der Waals surface area contributed by atoms with Crippen molar-refractivity contribution < 1.29 is 22.7 Å². The highest BCUT2D eigenvalue weighted by molar-refractivity contribution is 9.10. The fourth-order valence-electron chi connectivity index (χ4n) is 3.59. The molecule has 3 rings (SSSR count). The van der Waals surface area contributed by atoms with Crippen molar-refractivity contribution in [1.29, 1.82) is 0 Å². The maximum Gasteiger partial charge on any atom is 0.248 e. The van der Waals surface area contributed by atoms with Crippen molar-refractivity contribution in [3.63, 3.8) is 0 Å². The first-order chi connectivity index (χ1) is 14.1. The second-order valence-electron chi connectivity index (χ2n) is 7.67. The minimum Gasteiger partial charge on any atom is -0.490 e. The summed E-state index contributed by atoms with van der Waals surface area (Å²) in [5.41, 5.74) is 0.718. The van der Waals surface area contributed by atoms with Crippen LogP contribution in [0, 0.1) is 5.92 Å². The molecule has 1 amide bonds. The van der Waals surface area contributed by atoms with Gasteiger partial charge in [-0.25, -0.2) is 8.42 Å². The molecule has 30 heavy (non-hydrogen) atoms. The number of nitrogens with zero attached hydrogens (tertiary/aromatic N) is 2. The molecule has 0 bridgehead atoms. The Morgan fingerprint density at radius 3 is 2.47 bits per heavy atom. The molecule has 0 aromatic heterocycles. The van der Waals surface area contributed by atoms with Gasteiger partial charge in [0.25, 0.3) is 0 Å². The number of amides is 1. The average molecular weight is 519 g/mol. The Morgan fingerprint density at radius 2 is 1.87 bits per heavy atom. The van der Waals surface area contributed by atoms with E-state index in [0.29, 0.717) is 36.3 Å². The molecule has 2 atom stereocenters. The van der Waals surface area contributed by atoms with E-state index in [0.717, 1.165) is 10.2 Å². The summed E-state index contributed by atoms with van der Waals surface area (Å²) in [5.74, 6) is 1.29. The number of amidine groups is 1. The van der Waals surface area contributed by atoms with Crippen LogP contribution in [0.4, 0.5) is 5.69 Å². The zero-order valence-electron chi connectivity index (χ0n) is 17.6. The zero-order valence-corrected chi connectivity index (χ0v) is 20.8. The predicted octanol–water partition coefficient (Wildman–Crippen LogP) is 3.89.